The predicted molar refractivity (Wildman–Crippen MR) is 103 cm³/mol. The van der Waals surface area contributed by atoms with Gasteiger partial charge in [0.1, 0.15) is 6.10 Å². The summed E-state index contributed by atoms with van der Waals surface area (Å²) in [5.41, 5.74) is 0.390. The van der Waals surface area contributed by atoms with Gasteiger partial charge in [0.2, 0.25) is 0 Å². The number of rotatable bonds is 5. The Kier molecular flexibility index (Phi) is 4.48. The van der Waals surface area contributed by atoms with E-state index < -0.39 is 5.41 Å². The van der Waals surface area contributed by atoms with Crippen molar-refractivity contribution in [3.8, 4) is 0 Å². The lowest BCUT2D eigenvalue weighted by atomic mass is 9.50. The third-order valence-electron chi connectivity index (χ3n) is 8.10. The molecule has 6 atom stereocenters. The first-order chi connectivity index (χ1) is 13.3. The summed E-state index contributed by atoms with van der Waals surface area (Å²) in [6.07, 6.45) is 11.8. The summed E-state index contributed by atoms with van der Waals surface area (Å²) in [7, 11) is 1.47. The van der Waals surface area contributed by atoms with Crippen molar-refractivity contribution in [1.29, 1.82) is 0 Å². The van der Waals surface area contributed by atoms with Crippen LogP contribution in [0.2, 0.25) is 0 Å². The molecule has 0 aromatic carbocycles. The molecule has 3 aliphatic rings. The minimum Gasteiger partial charge on any atom is -0.472 e. The molecule has 0 N–H and O–H groups in total. The van der Waals surface area contributed by atoms with Gasteiger partial charge in [0.15, 0.2) is 0 Å². The zero-order chi connectivity index (χ0) is 20.2. The zero-order valence-corrected chi connectivity index (χ0v) is 17.2. The number of hydrogen-bond donors (Lipinski definition) is 0. The molecule has 0 saturated heterocycles. The molecule has 2 unspecified atom stereocenters. The molecule has 1 spiro atoms. The third kappa shape index (κ3) is 2.58. The molecule has 5 heteroatoms. The summed E-state index contributed by atoms with van der Waals surface area (Å²) >= 11 is 0. The number of esters is 2. The van der Waals surface area contributed by atoms with Gasteiger partial charge in [-0.3, -0.25) is 9.59 Å². The molecule has 1 aromatic rings. The van der Waals surface area contributed by atoms with Crippen LogP contribution in [0.3, 0.4) is 0 Å². The van der Waals surface area contributed by atoms with Crippen molar-refractivity contribution >= 4 is 11.9 Å². The van der Waals surface area contributed by atoms with E-state index in [0.29, 0.717) is 5.92 Å². The summed E-state index contributed by atoms with van der Waals surface area (Å²) in [6, 6.07) is 2.01. The predicted octanol–water partition coefficient (Wildman–Crippen LogP) is 4.32. The molecule has 1 aromatic heterocycles. The van der Waals surface area contributed by atoms with Gasteiger partial charge in [0, 0.05) is 12.8 Å². The maximum Gasteiger partial charge on any atom is 0.316 e. The van der Waals surface area contributed by atoms with Crippen molar-refractivity contribution < 1.29 is 23.5 Å². The molecule has 0 aliphatic heterocycles. The molecule has 1 heterocycles. The second-order valence-corrected chi connectivity index (χ2v) is 9.28. The highest BCUT2D eigenvalue weighted by Crippen LogP contribution is 2.79. The van der Waals surface area contributed by atoms with Gasteiger partial charge in [-0.05, 0) is 66.6 Å². The van der Waals surface area contributed by atoms with Crippen LogP contribution in [0.4, 0.5) is 0 Å². The van der Waals surface area contributed by atoms with E-state index in [9.17, 15) is 9.59 Å². The van der Waals surface area contributed by atoms with E-state index in [1.54, 1.807) is 12.5 Å². The molecular formula is C23H30O5. The standard InChI is InChI=1S/C23H30O5/c1-15-5-10-22-14-23(22,20(25)26-4)11-7-18(28-16(2)24)19(22)21(15,3)9-6-17-8-12-27-13-17/h7-8,11-13,15,18-19H,5-6,9-10,14H2,1-4H3/t15?,18?,19-,21+,22+,23+/m1/s1. The fraction of sp³-hybridized carbons (Fsp3) is 0.652. The quantitative estimate of drug-likeness (QED) is 0.557. The topological polar surface area (TPSA) is 65.7 Å². The fourth-order valence-corrected chi connectivity index (χ4v) is 6.41. The second kappa shape index (κ2) is 6.50. The Bertz CT molecular complexity index is 796. The van der Waals surface area contributed by atoms with E-state index in [-0.39, 0.29) is 34.8 Å². The number of ether oxygens (including phenoxy) is 2. The summed E-state index contributed by atoms with van der Waals surface area (Å²) in [6.45, 7) is 6.08. The van der Waals surface area contributed by atoms with E-state index in [2.05, 4.69) is 13.8 Å². The number of hydrogen-bond acceptors (Lipinski definition) is 5. The lowest BCUT2D eigenvalue weighted by Crippen LogP contribution is -2.54. The molecule has 28 heavy (non-hydrogen) atoms. The Morgan fingerprint density at radius 1 is 1.36 bits per heavy atom. The first-order valence-electron chi connectivity index (χ1n) is 10.3. The Balaban J connectivity index is 1.73. The van der Waals surface area contributed by atoms with E-state index in [1.807, 2.05) is 18.2 Å². The highest BCUT2D eigenvalue weighted by atomic mass is 16.5. The SMILES string of the molecule is COC(=O)[C@@]12C=CC(OC(C)=O)[C@H]3[C@]1(CCC(C)[C@]3(C)CCc1ccoc1)C2. The van der Waals surface area contributed by atoms with Crippen LogP contribution in [0, 0.1) is 28.1 Å². The third-order valence-corrected chi connectivity index (χ3v) is 8.10. The van der Waals surface area contributed by atoms with Crippen LogP contribution < -0.4 is 0 Å². The molecule has 2 fully saturated rings. The first kappa shape index (κ1) is 19.3. The first-order valence-corrected chi connectivity index (χ1v) is 10.3. The Hall–Kier alpha value is -2.04. The van der Waals surface area contributed by atoms with Crippen LogP contribution in [0.15, 0.2) is 35.2 Å². The zero-order valence-electron chi connectivity index (χ0n) is 17.2. The number of carbonyl (C=O) groups excluding carboxylic acids is 2. The molecule has 152 valence electrons. The number of methoxy groups -OCH3 is 1. The molecule has 4 rings (SSSR count). The minimum atomic E-state index is -0.555. The van der Waals surface area contributed by atoms with Gasteiger partial charge in [-0.15, -0.1) is 0 Å². The molecule has 2 saturated carbocycles. The van der Waals surface area contributed by atoms with Crippen molar-refractivity contribution in [2.24, 2.45) is 28.1 Å². The van der Waals surface area contributed by atoms with Gasteiger partial charge >= 0.3 is 11.9 Å². The molecular weight excluding hydrogens is 356 g/mol. The normalized spacial score (nSPS) is 40.9. The van der Waals surface area contributed by atoms with E-state index in [4.69, 9.17) is 13.9 Å². The van der Waals surface area contributed by atoms with E-state index in [0.717, 1.165) is 32.1 Å². The van der Waals surface area contributed by atoms with Crippen molar-refractivity contribution in [2.75, 3.05) is 7.11 Å². The van der Waals surface area contributed by atoms with E-state index in [1.165, 1.54) is 19.6 Å². The largest absolute Gasteiger partial charge is 0.472 e. The lowest BCUT2D eigenvalue weighted by Gasteiger charge is -2.55. The fourth-order valence-electron chi connectivity index (χ4n) is 6.41. The maximum atomic E-state index is 12.8. The average molecular weight is 386 g/mol. The van der Waals surface area contributed by atoms with Gasteiger partial charge in [0.05, 0.1) is 25.1 Å². The van der Waals surface area contributed by atoms with Crippen molar-refractivity contribution in [1.82, 2.24) is 0 Å². The molecule has 0 amide bonds. The van der Waals surface area contributed by atoms with Crippen LogP contribution in [0.5, 0.6) is 0 Å². The highest BCUT2D eigenvalue weighted by Gasteiger charge is 2.79. The summed E-state index contributed by atoms with van der Waals surface area (Å²) in [5.74, 6) is 0.146. The van der Waals surface area contributed by atoms with Crippen LogP contribution >= 0.6 is 0 Å². The Labute approximate surface area is 166 Å². The van der Waals surface area contributed by atoms with Crippen LogP contribution in [0.25, 0.3) is 0 Å². The molecule has 0 radical (unpaired) electrons. The highest BCUT2D eigenvalue weighted by molar-refractivity contribution is 5.85. The Morgan fingerprint density at radius 3 is 2.79 bits per heavy atom. The Morgan fingerprint density at radius 2 is 2.14 bits per heavy atom. The van der Waals surface area contributed by atoms with Gasteiger partial charge in [-0.2, -0.15) is 0 Å². The van der Waals surface area contributed by atoms with Crippen molar-refractivity contribution in [2.45, 2.75) is 59.0 Å². The van der Waals surface area contributed by atoms with Gasteiger partial charge in [-0.1, -0.05) is 19.9 Å². The number of aryl methyl sites for hydroxylation is 1. The minimum absolute atomic E-state index is 0.0594. The number of carbonyl (C=O) groups is 2. The van der Waals surface area contributed by atoms with Gasteiger partial charge in [-0.25, -0.2) is 0 Å². The van der Waals surface area contributed by atoms with Gasteiger partial charge < -0.3 is 13.9 Å². The van der Waals surface area contributed by atoms with E-state index >= 15 is 0 Å². The smallest absolute Gasteiger partial charge is 0.316 e. The van der Waals surface area contributed by atoms with Crippen LogP contribution in [0.1, 0.15) is 52.0 Å². The van der Waals surface area contributed by atoms with Crippen LogP contribution in [-0.2, 0) is 25.5 Å². The molecule has 5 nitrogen and oxygen atoms in total. The van der Waals surface area contributed by atoms with Crippen molar-refractivity contribution in [3.63, 3.8) is 0 Å². The number of furan rings is 1. The molecule has 3 aliphatic carbocycles. The van der Waals surface area contributed by atoms with Crippen molar-refractivity contribution in [3.05, 3.63) is 36.3 Å². The summed E-state index contributed by atoms with van der Waals surface area (Å²) < 4.78 is 16.2. The average Bonchev–Trinajstić information content (AvgIpc) is 3.04. The summed E-state index contributed by atoms with van der Waals surface area (Å²) in [4.78, 5) is 24.6. The maximum absolute atomic E-state index is 12.8. The monoisotopic (exact) mass is 386 g/mol. The van der Waals surface area contributed by atoms with Gasteiger partial charge in [0.25, 0.3) is 0 Å². The second-order valence-electron chi connectivity index (χ2n) is 9.28. The summed E-state index contributed by atoms with van der Waals surface area (Å²) in [5, 5.41) is 0. The molecule has 0 bridgehead atoms. The van der Waals surface area contributed by atoms with Crippen LogP contribution in [-0.4, -0.2) is 25.2 Å². The lowest BCUT2D eigenvalue weighted by molar-refractivity contribution is -0.163.